The Balaban J connectivity index is 4.45. The summed E-state index contributed by atoms with van der Waals surface area (Å²) in [6.07, 6.45) is 87.3. The number of hydrogen-bond donors (Lipinski definition) is 0. The third kappa shape index (κ3) is 60.3. The van der Waals surface area contributed by atoms with E-state index >= 15 is 0 Å². The van der Waals surface area contributed by atoms with E-state index < -0.39 is 6.10 Å². The number of carbonyl (C=O) groups excluding carboxylic acids is 3. The lowest BCUT2D eigenvalue weighted by atomic mass is 10.1. The summed E-state index contributed by atoms with van der Waals surface area (Å²) in [4.78, 5) is 38.3. The SMILES string of the molecule is CC/C=C\C/C=C\C/C=C\C/C=C\C/C=C\C/C=C\CCCCC(=O)OC(COC(=O)CCCCCCC/C=C\CCCCCC)COC(=O)CCCCCCCCCCCC/C=C\C/C=C\C/C=C\C/C=C\CC. The van der Waals surface area contributed by atoms with Crippen LogP contribution < -0.4 is 0 Å². The largest absolute Gasteiger partial charge is 0.462 e. The van der Waals surface area contributed by atoms with Crippen molar-refractivity contribution in [1.82, 2.24) is 0 Å². The molecule has 1 unspecified atom stereocenters. The topological polar surface area (TPSA) is 78.9 Å². The maximum atomic E-state index is 12.9. The minimum absolute atomic E-state index is 0.104. The summed E-state index contributed by atoms with van der Waals surface area (Å²) in [5.74, 6) is -0.961. The van der Waals surface area contributed by atoms with Gasteiger partial charge in [0.05, 0.1) is 0 Å². The number of allylic oxidation sites excluding steroid dienone is 22. The van der Waals surface area contributed by atoms with E-state index in [9.17, 15) is 14.4 Å². The molecule has 1 atom stereocenters. The lowest BCUT2D eigenvalue weighted by Gasteiger charge is -2.18. The van der Waals surface area contributed by atoms with Crippen LogP contribution in [0.15, 0.2) is 134 Å². The third-order valence-electron chi connectivity index (χ3n) is 12.6. The fourth-order valence-corrected chi connectivity index (χ4v) is 8.08. The van der Waals surface area contributed by atoms with E-state index in [1.165, 1.54) is 89.9 Å². The molecule has 0 heterocycles. The van der Waals surface area contributed by atoms with Gasteiger partial charge in [0.1, 0.15) is 13.2 Å². The van der Waals surface area contributed by atoms with Crippen LogP contribution in [0.3, 0.4) is 0 Å². The van der Waals surface area contributed by atoms with Crippen LogP contribution >= 0.6 is 0 Å². The van der Waals surface area contributed by atoms with E-state index in [0.29, 0.717) is 19.3 Å². The minimum Gasteiger partial charge on any atom is -0.462 e. The van der Waals surface area contributed by atoms with Gasteiger partial charge < -0.3 is 14.2 Å². The Kier molecular flexibility index (Phi) is 58.4. The number of ether oxygens (including phenoxy) is 3. The number of unbranched alkanes of at least 4 members (excludes halogenated alkanes) is 21. The summed E-state index contributed by atoms with van der Waals surface area (Å²) in [7, 11) is 0. The Bertz CT molecular complexity index is 1620. The van der Waals surface area contributed by atoms with Crippen LogP contribution in [0.2, 0.25) is 0 Å². The highest BCUT2D eigenvalue weighted by molar-refractivity contribution is 5.71. The molecule has 0 spiro atoms. The third-order valence-corrected chi connectivity index (χ3v) is 12.6. The highest BCUT2D eigenvalue weighted by Crippen LogP contribution is 2.14. The fourth-order valence-electron chi connectivity index (χ4n) is 8.08. The lowest BCUT2D eigenvalue weighted by molar-refractivity contribution is -0.167. The van der Waals surface area contributed by atoms with Crippen molar-refractivity contribution < 1.29 is 28.6 Å². The normalized spacial score (nSPS) is 13.1. The summed E-state index contributed by atoms with van der Waals surface area (Å²) in [6.45, 7) is 6.35. The first-order valence-electron chi connectivity index (χ1n) is 30.7. The summed E-state index contributed by atoms with van der Waals surface area (Å²) in [5.41, 5.74) is 0. The molecule has 0 radical (unpaired) electrons. The monoisotopic (exact) mass is 1040 g/mol. The number of carbonyl (C=O) groups is 3. The molecule has 0 N–H and O–H groups in total. The molecule has 0 bridgehead atoms. The summed E-state index contributed by atoms with van der Waals surface area (Å²) >= 11 is 0. The average Bonchev–Trinajstić information content (AvgIpc) is 3.41. The van der Waals surface area contributed by atoms with Crippen molar-refractivity contribution in [2.75, 3.05) is 13.2 Å². The van der Waals surface area contributed by atoms with Crippen LogP contribution in [0.5, 0.6) is 0 Å². The number of rotatable bonds is 54. The molecule has 424 valence electrons. The molecule has 0 aliphatic heterocycles. The van der Waals surface area contributed by atoms with Crippen LogP contribution in [0.1, 0.15) is 265 Å². The van der Waals surface area contributed by atoms with Gasteiger partial charge in [0, 0.05) is 19.3 Å². The van der Waals surface area contributed by atoms with Crippen molar-refractivity contribution in [3.05, 3.63) is 134 Å². The highest BCUT2D eigenvalue weighted by atomic mass is 16.6. The van der Waals surface area contributed by atoms with E-state index in [0.717, 1.165) is 128 Å². The molecular weight excluding hydrogens is 925 g/mol. The van der Waals surface area contributed by atoms with Gasteiger partial charge >= 0.3 is 17.9 Å². The predicted molar refractivity (Wildman–Crippen MR) is 325 cm³/mol. The molecule has 0 aromatic carbocycles. The van der Waals surface area contributed by atoms with Gasteiger partial charge in [-0.1, -0.05) is 244 Å². The van der Waals surface area contributed by atoms with Crippen molar-refractivity contribution >= 4 is 17.9 Å². The molecule has 0 saturated carbocycles. The van der Waals surface area contributed by atoms with E-state index in [-0.39, 0.29) is 37.5 Å². The number of hydrogen-bond acceptors (Lipinski definition) is 6. The molecule has 0 aromatic rings. The van der Waals surface area contributed by atoms with Gasteiger partial charge in [-0.2, -0.15) is 0 Å². The molecule has 6 nitrogen and oxygen atoms in total. The van der Waals surface area contributed by atoms with Gasteiger partial charge in [-0.25, -0.2) is 0 Å². The van der Waals surface area contributed by atoms with Crippen LogP contribution in [-0.4, -0.2) is 37.2 Å². The molecule has 75 heavy (non-hydrogen) atoms. The van der Waals surface area contributed by atoms with Crippen LogP contribution in [0.4, 0.5) is 0 Å². The van der Waals surface area contributed by atoms with Crippen molar-refractivity contribution in [2.24, 2.45) is 0 Å². The Morgan fingerprint density at radius 3 is 0.853 bits per heavy atom. The second-order valence-corrected chi connectivity index (χ2v) is 19.8. The fraction of sp³-hybridized carbons (Fsp3) is 0.638. The first-order valence-corrected chi connectivity index (χ1v) is 30.7. The second kappa shape index (κ2) is 62.1. The Labute approximate surface area is 462 Å². The molecule has 0 aliphatic carbocycles. The summed E-state index contributed by atoms with van der Waals surface area (Å²) < 4.78 is 16.9. The zero-order chi connectivity index (χ0) is 54.3. The first kappa shape index (κ1) is 70.5. The second-order valence-electron chi connectivity index (χ2n) is 19.8. The molecular formula is C69H112O6. The quantitative estimate of drug-likeness (QED) is 0.0261. The molecule has 0 aromatic heterocycles. The molecule has 0 amide bonds. The van der Waals surface area contributed by atoms with Gasteiger partial charge in [0.25, 0.3) is 0 Å². The van der Waals surface area contributed by atoms with E-state index in [1.54, 1.807) is 0 Å². The average molecular weight is 1040 g/mol. The van der Waals surface area contributed by atoms with Gasteiger partial charge in [0.2, 0.25) is 0 Å². The van der Waals surface area contributed by atoms with Crippen molar-refractivity contribution in [2.45, 2.75) is 271 Å². The Morgan fingerprint density at radius 2 is 0.520 bits per heavy atom. The number of esters is 3. The molecule has 0 saturated heterocycles. The van der Waals surface area contributed by atoms with Gasteiger partial charge in [-0.15, -0.1) is 0 Å². The smallest absolute Gasteiger partial charge is 0.306 e. The summed E-state index contributed by atoms with van der Waals surface area (Å²) in [5, 5.41) is 0. The lowest BCUT2D eigenvalue weighted by Crippen LogP contribution is -2.30. The van der Waals surface area contributed by atoms with Crippen LogP contribution in [0.25, 0.3) is 0 Å². The highest BCUT2D eigenvalue weighted by Gasteiger charge is 2.19. The van der Waals surface area contributed by atoms with E-state index in [2.05, 4.69) is 154 Å². The maximum absolute atomic E-state index is 12.9. The van der Waals surface area contributed by atoms with Gasteiger partial charge in [0.15, 0.2) is 6.10 Å². The summed E-state index contributed by atoms with van der Waals surface area (Å²) in [6, 6.07) is 0. The Hall–Kier alpha value is -4.45. The maximum Gasteiger partial charge on any atom is 0.306 e. The zero-order valence-corrected chi connectivity index (χ0v) is 48.5. The van der Waals surface area contributed by atoms with E-state index in [4.69, 9.17) is 14.2 Å². The standard InChI is InChI=1S/C69H112O6/c1-4-7-10-13-16-19-22-25-27-29-31-33-34-36-37-39-41-44-47-50-53-56-59-62-68(71)74-65-66(64-73-67(70)61-58-55-52-49-46-43-24-21-18-15-12-9-6-3)75-69(72)63-60-57-54-51-48-45-42-40-38-35-32-30-28-26-23-20-17-14-11-8-5-2/h7-8,10-11,16-17,19-21,24-28,31-33,35,40,42,48,51,66H,4-6,9,12-15,18,22-23,29-30,34,36-39,41,43-47,49-50,52-65H2,1-3H3/b10-7-,11-8-,19-16-,20-17-,24-21-,27-25-,28-26-,33-31-,35-32-,42-40-,51-48-. The molecule has 0 fully saturated rings. The van der Waals surface area contributed by atoms with Crippen molar-refractivity contribution in [3.8, 4) is 0 Å². The molecule has 0 rings (SSSR count). The van der Waals surface area contributed by atoms with Gasteiger partial charge in [-0.05, 0) is 135 Å². The minimum atomic E-state index is -0.812. The van der Waals surface area contributed by atoms with Crippen LogP contribution in [-0.2, 0) is 28.6 Å². The molecule has 6 heteroatoms. The van der Waals surface area contributed by atoms with Crippen molar-refractivity contribution in [3.63, 3.8) is 0 Å². The molecule has 0 aliphatic rings. The van der Waals surface area contributed by atoms with E-state index in [1.807, 2.05) is 0 Å². The van der Waals surface area contributed by atoms with Crippen LogP contribution in [0, 0.1) is 0 Å². The van der Waals surface area contributed by atoms with Crippen molar-refractivity contribution in [1.29, 1.82) is 0 Å². The zero-order valence-electron chi connectivity index (χ0n) is 48.5. The Morgan fingerprint density at radius 1 is 0.280 bits per heavy atom. The van der Waals surface area contributed by atoms with Gasteiger partial charge in [-0.3, -0.25) is 14.4 Å². The first-order chi connectivity index (χ1) is 37.0. The predicted octanol–water partition coefficient (Wildman–Crippen LogP) is 21.0.